The van der Waals surface area contributed by atoms with Crippen LogP contribution in [0.5, 0.6) is 5.75 Å². The Morgan fingerprint density at radius 3 is 3.14 bits per heavy atom. The van der Waals surface area contributed by atoms with E-state index in [9.17, 15) is 0 Å². The maximum atomic E-state index is 5.92. The van der Waals surface area contributed by atoms with Crippen LogP contribution in [0, 0.1) is 0 Å². The molecular formula is C13H12O. The van der Waals surface area contributed by atoms with Crippen LogP contribution in [0.15, 0.2) is 42.0 Å². The van der Waals surface area contributed by atoms with E-state index in [0.717, 1.165) is 18.6 Å². The first-order valence-corrected chi connectivity index (χ1v) is 5.07. The molecule has 0 N–H and O–H groups in total. The van der Waals surface area contributed by atoms with E-state index in [1.54, 1.807) is 0 Å². The van der Waals surface area contributed by atoms with Gasteiger partial charge in [-0.15, -0.1) is 0 Å². The van der Waals surface area contributed by atoms with E-state index in [4.69, 9.17) is 4.74 Å². The van der Waals surface area contributed by atoms with Gasteiger partial charge in [0, 0.05) is 5.56 Å². The van der Waals surface area contributed by atoms with Crippen molar-refractivity contribution >= 4 is 6.08 Å². The lowest BCUT2D eigenvalue weighted by molar-refractivity contribution is 0.224. The summed E-state index contributed by atoms with van der Waals surface area (Å²) in [6.07, 6.45) is 9.17. The van der Waals surface area contributed by atoms with E-state index in [1.165, 1.54) is 11.1 Å². The average Bonchev–Trinajstić information content (AvgIpc) is 2.26. The molecule has 1 atom stereocenters. The zero-order chi connectivity index (χ0) is 9.38. The van der Waals surface area contributed by atoms with Crippen LogP contribution in [0.4, 0.5) is 0 Å². The zero-order valence-corrected chi connectivity index (χ0v) is 7.94. The van der Waals surface area contributed by atoms with Gasteiger partial charge < -0.3 is 4.74 Å². The molecule has 14 heavy (non-hydrogen) atoms. The molecule has 0 saturated carbocycles. The van der Waals surface area contributed by atoms with Gasteiger partial charge in [0.25, 0.3) is 0 Å². The first-order chi connectivity index (χ1) is 6.93. The van der Waals surface area contributed by atoms with Gasteiger partial charge >= 0.3 is 0 Å². The van der Waals surface area contributed by atoms with Crippen LogP contribution in [0.2, 0.25) is 0 Å². The van der Waals surface area contributed by atoms with Gasteiger partial charge in [-0.2, -0.15) is 0 Å². The molecule has 1 unspecified atom stereocenters. The summed E-state index contributed by atoms with van der Waals surface area (Å²) in [5.74, 6) is 1.02. The first-order valence-electron chi connectivity index (χ1n) is 5.07. The molecule has 0 amide bonds. The molecule has 1 heterocycles. The first kappa shape index (κ1) is 7.86. The molecule has 0 fully saturated rings. The summed E-state index contributed by atoms with van der Waals surface area (Å²) in [5, 5.41) is 0. The Hall–Kier alpha value is -1.50. The Labute approximate surface area is 83.7 Å². The molecule has 0 bridgehead atoms. The summed E-state index contributed by atoms with van der Waals surface area (Å²) in [6, 6.07) is 8.21. The van der Waals surface area contributed by atoms with Gasteiger partial charge in [-0.1, -0.05) is 30.4 Å². The van der Waals surface area contributed by atoms with Crippen molar-refractivity contribution in [1.29, 1.82) is 0 Å². The van der Waals surface area contributed by atoms with Crippen molar-refractivity contribution in [1.82, 2.24) is 0 Å². The SMILES string of the molecule is C1=CC2=Cc3ccccc3OC2CC1. The Kier molecular flexibility index (Phi) is 1.69. The average molecular weight is 184 g/mol. The molecule has 1 nitrogen and oxygen atoms in total. The fraction of sp³-hybridized carbons (Fsp3) is 0.231. The van der Waals surface area contributed by atoms with E-state index in [1.807, 2.05) is 18.2 Å². The summed E-state index contributed by atoms with van der Waals surface area (Å²) in [6.45, 7) is 0. The van der Waals surface area contributed by atoms with Gasteiger partial charge in [-0.25, -0.2) is 0 Å². The third kappa shape index (κ3) is 1.17. The number of hydrogen-bond donors (Lipinski definition) is 0. The van der Waals surface area contributed by atoms with Gasteiger partial charge in [0.2, 0.25) is 0 Å². The van der Waals surface area contributed by atoms with Gasteiger partial charge in [0.15, 0.2) is 0 Å². The number of ether oxygens (including phenoxy) is 1. The lowest BCUT2D eigenvalue weighted by Gasteiger charge is -2.27. The van der Waals surface area contributed by atoms with Crippen molar-refractivity contribution in [3.63, 3.8) is 0 Å². The second-order valence-corrected chi connectivity index (χ2v) is 3.77. The highest BCUT2D eigenvalue weighted by atomic mass is 16.5. The highest BCUT2D eigenvalue weighted by molar-refractivity contribution is 5.65. The lowest BCUT2D eigenvalue weighted by Crippen LogP contribution is -2.23. The summed E-state index contributed by atoms with van der Waals surface area (Å²) < 4.78 is 5.92. The molecule has 2 aliphatic rings. The fourth-order valence-electron chi connectivity index (χ4n) is 2.05. The minimum Gasteiger partial charge on any atom is -0.485 e. The van der Waals surface area contributed by atoms with Crippen LogP contribution < -0.4 is 4.74 Å². The zero-order valence-electron chi connectivity index (χ0n) is 7.94. The van der Waals surface area contributed by atoms with E-state index < -0.39 is 0 Å². The van der Waals surface area contributed by atoms with Gasteiger partial charge in [0.1, 0.15) is 11.9 Å². The molecule has 0 aromatic heterocycles. The van der Waals surface area contributed by atoms with Crippen molar-refractivity contribution in [2.24, 2.45) is 0 Å². The highest BCUT2D eigenvalue weighted by Crippen LogP contribution is 2.33. The van der Waals surface area contributed by atoms with Crippen LogP contribution in [0.25, 0.3) is 6.08 Å². The molecule has 0 saturated heterocycles. The predicted octanol–water partition coefficient (Wildman–Crippen LogP) is 3.18. The Morgan fingerprint density at radius 2 is 2.14 bits per heavy atom. The predicted molar refractivity (Wildman–Crippen MR) is 57.2 cm³/mol. The quantitative estimate of drug-likeness (QED) is 0.601. The van der Waals surface area contributed by atoms with Crippen molar-refractivity contribution in [3.8, 4) is 5.75 Å². The lowest BCUT2D eigenvalue weighted by atomic mass is 9.94. The van der Waals surface area contributed by atoms with E-state index in [-0.39, 0.29) is 6.10 Å². The second-order valence-electron chi connectivity index (χ2n) is 3.77. The van der Waals surface area contributed by atoms with E-state index in [0.29, 0.717) is 0 Å². The normalized spacial score (nSPS) is 23.1. The number of benzene rings is 1. The summed E-state index contributed by atoms with van der Waals surface area (Å²) in [5.41, 5.74) is 2.51. The minimum atomic E-state index is 0.287. The topological polar surface area (TPSA) is 9.23 Å². The fourth-order valence-corrected chi connectivity index (χ4v) is 2.05. The third-order valence-electron chi connectivity index (χ3n) is 2.79. The second kappa shape index (κ2) is 3.02. The number of fused-ring (bicyclic) bond motifs is 2. The monoisotopic (exact) mass is 184 g/mol. The van der Waals surface area contributed by atoms with Gasteiger partial charge in [-0.3, -0.25) is 0 Å². The number of hydrogen-bond acceptors (Lipinski definition) is 1. The molecule has 1 aliphatic carbocycles. The van der Waals surface area contributed by atoms with Crippen molar-refractivity contribution in [3.05, 3.63) is 47.6 Å². The number of rotatable bonds is 0. The molecule has 0 spiro atoms. The maximum Gasteiger partial charge on any atom is 0.127 e. The van der Waals surface area contributed by atoms with E-state index >= 15 is 0 Å². The third-order valence-corrected chi connectivity index (χ3v) is 2.79. The molecular weight excluding hydrogens is 172 g/mol. The van der Waals surface area contributed by atoms with E-state index in [2.05, 4.69) is 24.3 Å². The molecule has 0 radical (unpaired) electrons. The summed E-state index contributed by atoms with van der Waals surface area (Å²) in [7, 11) is 0. The largest absolute Gasteiger partial charge is 0.485 e. The van der Waals surface area contributed by atoms with Gasteiger partial charge in [0.05, 0.1) is 0 Å². The van der Waals surface area contributed by atoms with Crippen molar-refractivity contribution in [2.75, 3.05) is 0 Å². The van der Waals surface area contributed by atoms with Crippen LogP contribution in [-0.2, 0) is 0 Å². The minimum absolute atomic E-state index is 0.287. The molecule has 1 aliphatic heterocycles. The Morgan fingerprint density at radius 1 is 1.21 bits per heavy atom. The maximum absolute atomic E-state index is 5.92. The smallest absolute Gasteiger partial charge is 0.127 e. The van der Waals surface area contributed by atoms with Crippen LogP contribution >= 0.6 is 0 Å². The van der Waals surface area contributed by atoms with Crippen LogP contribution in [0.3, 0.4) is 0 Å². The van der Waals surface area contributed by atoms with Crippen molar-refractivity contribution in [2.45, 2.75) is 18.9 Å². The van der Waals surface area contributed by atoms with Crippen molar-refractivity contribution < 1.29 is 4.74 Å². The van der Waals surface area contributed by atoms with Crippen LogP contribution in [-0.4, -0.2) is 6.10 Å². The molecule has 1 aromatic carbocycles. The summed E-state index contributed by atoms with van der Waals surface area (Å²) >= 11 is 0. The van der Waals surface area contributed by atoms with Crippen LogP contribution in [0.1, 0.15) is 18.4 Å². The number of para-hydroxylation sites is 1. The summed E-state index contributed by atoms with van der Waals surface area (Å²) in [4.78, 5) is 0. The standard InChI is InChI=1S/C13H12O/c1-3-7-12-10(5-1)9-11-6-2-4-8-13(11)14-12/h1-3,5-7,9,13H,4,8H2. The Bertz CT molecular complexity index is 415. The highest BCUT2D eigenvalue weighted by Gasteiger charge is 2.21. The molecule has 1 heteroatoms. The number of allylic oxidation sites excluding steroid dienone is 1. The van der Waals surface area contributed by atoms with Gasteiger partial charge in [-0.05, 0) is 30.6 Å². The molecule has 70 valence electrons. The molecule has 1 aromatic rings. The molecule has 3 rings (SSSR count). The Balaban J connectivity index is 2.10.